The van der Waals surface area contributed by atoms with Gasteiger partial charge in [-0.05, 0) is 30.7 Å². The molecule has 1 fully saturated rings. The maximum absolute atomic E-state index is 11.1. The SMILES string of the molecule is NC(=O)Nc1ccc(-c2nc3c(c(N4CCOCC4)n2)CCN(c2cnc(Cl)cn2)C3)cc1. The Morgan fingerprint density at radius 2 is 1.82 bits per heavy atom. The molecule has 1 saturated heterocycles. The van der Waals surface area contributed by atoms with Crippen LogP contribution in [0, 0.1) is 0 Å². The Balaban J connectivity index is 1.51. The van der Waals surface area contributed by atoms with E-state index < -0.39 is 6.03 Å². The number of urea groups is 1. The number of nitrogens with zero attached hydrogens (tertiary/aromatic N) is 6. The highest BCUT2D eigenvalue weighted by Gasteiger charge is 2.27. The van der Waals surface area contributed by atoms with Gasteiger partial charge >= 0.3 is 6.03 Å². The van der Waals surface area contributed by atoms with Crippen LogP contribution in [0.3, 0.4) is 0 Å². The number of nitrogens with two attached hydrogens (primary N) is 1. The Hall–Kier alpha value is -3.50. The lowest BCUT2D eigenvalue weighted by Crippen LogP contribution is -2.39. The first kappa shape index (κ1) is 21.4. The number of aromatic nitrogens is 4. The molecule has 2 aliphatic rings. The number of carbonyl (C=O) groups is 1. The van der Waals surface area contributed by atoms with Gasteiger partial charge in [-0.3, -0.25) is 0 Å². The first-order valence-corrected chi connectivity index (χ1v) is 11.1. The number of amides is 2. The van der Waals surface area contributed by atoms with Crippen LogP contribution < -0.4 is 20.9 Å². The van der Waals surface area contributed by atoms with Gasteiger partial charge in [0.15, 0.2) is 5.82 Å². The topological polar surface area (TPSA) is 122 Å². The van der Waals surface area contributed by atoms with Gasteiger partial charge in [0, 0.05) is 36.4 Å². The van der Waals surface area contributed by atoms with Crippen LogP contribution in [-0.4, -0.2) is 58.8 Å². The van der Waals surface area contributed by atoms with Gasteiger partial charge in [-0.15, -0.1) is 0 Å². The van der Waals surface area contributed by atoms with Crippen LogP contribution in [0.1, 0.15) is 11.3 Å². The minimum Gasteiger partial charge on any atom is -0.378 e. The molecule has 4 heterocycles. The average molecular weight is 467 g/mol. The van der Waals surface area contributed by atoms with Crippen molar-refractivity contribution in [3.05, 3.63) is 53.1 Å². The van der Waals surface area contributed by atoms with Gasteiger partial charge in [-0.1, -0.05) is 11.6 Å². The highest BCUT2D eigenvalue weighted by Crippen LogP contribution is 2.31. The Morgan fingerprint density at radius 1 is 1.03 bits per heavy atom. The molecule has 0 atom stereocenters. The van der Waals surface area contributed by atoms with E-state index in [1.165, 1.54) is 0 Å². The van der Waals surface area contributed by atoms with Crippen molar-refractivity contribution < 1.29 is 9.53 Å². The van der Waals surface area contributed by atoms with E-state index in [4.69, 9.17) is 32.0 Å². The van der Waals surface area contributed by atoms with E-state index in [0.717, 1.165) is 54.5 Å². The molecule has 0 unspecified atom stereocenters. The number of primary amides is 1. The number of halogens is 1. The molecule has 170 valence electrons. The zero-order valence-electron chi connectivity index (χ0n) is 17.9. The van der Waals surface area contributed by atoms with E-state index >= 15 is 0 Å². The molecule has 1 aromatic carbocycles. The lowest BCUT2D eigenvalue weighted by atomic mass is 10.0. The number of anilines is 3. The summed E-state index contributed by atoms with van der Waals surface area (Å²) in [5.41, 5.74) is 8.80. The van der Waals surface area contributed by atoms with Gasteiger partial charge in [-0.2, -0.15) is 0 Å². The number of carbonyl (C=O) groups excluding carboxylic acids is 1. The zero-order chi connectivity index (χ0) is 22.8. The molecule has 0 bridgehead atoms. The van der Waals surface area contributed by atoms with Crippen LogP contribution in [0.5, 0.6) is 0 Å². The van der Waals surface area contributed by atoms with E-state index in [0.29, 0.717) is 36.4 Å². The maximum atomic E-state index is 11.1. The summed E-state index contributed by atoms with van der Waals surface area (Å²) in [5.74, 6) is 2.35. The van der Waals surface area contributed by atoms with Crippen molar-refractivity contribution >= 4 is 35.0 Å². The molecule has 5 rings (SSSR count). The number of hydrogen-bond donors (Lipinski definition) is 2. The summed E-state index contributed by atoms with van der Waals surface area (Å²) >= 11 is 5.91. The fourth-order valence-electron chi connectivity index (χ4n) is 4.09. The van der Waals surface area contributed by atoms with Gasteiger partial charge in [-0.25, -0.2) is 24.7 Å². The fraction of sp³-hybridized carbons (Fsp3) is 0.318. The Kier molecular flexibility index (Phi) is 5.93. The molecule has 0 saturated carbocycles. The zero-order valence-corrected chi connectivity index (χ0v) is 18.6. The second kappa shape index (κ2) is 9.16. The Morgan fingerprint density at radius 3 is 2.52 bits per heavy atom. The van der Waals surface area contributed by atoms with Gasteiger partial charge in [0.05, 0.1) is 37.8 Å². The Labute approximate surface area is 195 Å². The fourth-order valence-corrected chi connectivity index (χ4v) is 4.18. The van der Waals surface area contributed by atoms with Crippen LogP contribution in [0.15, 0.2) is 36.7 Å². The van der Waals surface area contributed by atoms with E-state index in [1.807, 2.05) is 12.1 Å². The van der Waals surface area contributed by atoms with Crippen molar-refractivity contribution in [2.75, 3.05) is 48.0 Å². The highest BCUT2D eigenvalue weighted by atomic mass is 35.5. The van der Waals surface area contributed by atoms with Crippen LogP contribution >= 0.6 is 11.6 Å². The van der Waals surface area contributed by atoms with E-state index in [-0.39, 0.29) is 0 Å². The second-order valence-electron chi connectivity index (χ2n) is 7.83. The van der Waals surface area contributed by atoms with Gasteiger partial charge in [0.2, 0.25) is 0 Å². The number of nitrogens with one attached hydrogen (secondary N) is 1. The molecule has 3 N–H and O–H groups in total. The van der Waals surface area contributed by atoms with Crippen molar-refractivity contribution in [3.8, 4) is 11.4 Å². The summed E-state index contributed by atoms with van der Waals surface area (Å²) < 4.78 is 5.55. The predicted octanol–water partition coefficient (Wildman–Crippen LogP) is 2.48. The quantitative estimate of drug-likeness (QED) is 0.601. The van der Waals surface area contributed by atoms with Gasteiger partial charge in [0.25, 0.3) is 0 Å². The first-order valence-electron chi connectivity index (χ1n) is 10.7. The third kappa shape index (κ3) is 4.67. The molecule has 11 heteroatoms. The van der Waals surface area contributed by atoms with Gasteiger partial charge < -0.3 is 25.6 Å². The molecule has 2 aromatic heterocycles. The summed E-state index contributed by atoms with van der Waals surface area (Å²) in [6.45, 7) is 4.31. The lowest BCUT2D eigenvalue weighted by molar-refractivity contribution is 0.122. The Bertz CT molecular complexity index is 1150. The predicted molar refractivity (Wildman–Crippen MR) is 126 cm³/mol. The number of hydrogen-bond acceptors (Lipinski definition) is 8. The summed E-state index contributed by atoms with van der Waals surface area (Å²) in [7, 11) is 0. The number of fused-ring (bicyclic) bond motifs is 1. The molecule has 0 aliphatic carbocycles. The molecule has 0 spiro atoms. The lowest BCUT2D eigenvalue weighted by Gasteiger charge is -2.34. The van der Waals surface area contributed by atoms with E-state index in [2.05, 4.69) is 25.1 Å². The number of morpholine rings is 1. The first-order chi connectivity index (χ1) is 16.1. The summed E-state index contributed by atoms with van der Waals surface area (Å²) in [4.78, 5) is 34.0. The minimum atomic E-state index is -0.604. The molecule has 2 amide bonds. The van der Waals surface area contributed by atoms with Crippen molar-refractivity contribution in [2.45, 2.75) is 13.0 Å². The number of benzene rings is 1. The second-order valence-corrected chi connectivity index (χ2v) is 8.22. The van der Waals surface area contributed by atoms with E-state index in [1.54, 1.807) is 24.5 Å². The molecular formula is C22H23ClN8O2. The largest absolute Gasteiger partial charge is 0.378 e. The summed E-state index contributed by atoms with van der Waals surface area (Å²) in [6.07, 6.45) is 4.04. The van der Waals surface area contributed by atoms with E-state index in [9.17, 15) is 4.79 Å². The van der Waals surface area contributed by atoms with Crippen LogP contribution in [0.4, 0.5) is 22.1 Å². The number of rotatable bonds is 4. The minimum absolute atomic E-state index is 0.365. The van der Waals surface area contributed by atoms with Crippen LogP contribution in [0.25, 0.3) is 11.4 Å². The highest BCUT2D eigenvalue weighted by molar-refractivity contribution is 6.29. The normalized spacial score (nSPS) is 15.8. The van der Waals surface area contributed by atoms with Crippen molar-refractivity contribution in [3.63, 3.8) is 0 Å². The third-order valence-electron chi connectivity index (χ3n) is 5.70. The van der Waals surface area contributed by atoms with Crippen molar-refractivity contribution in [1.82, 2.24) is 19.9 Å². The number of ether oxygens (including phenoxy) is 1. The monoisotopic (exact) mass is 466 g/mol. The van der Waals surface area contributed by atoms with Crippen molar-refractivity contribution in [2.24, 2.45) is 5.73 Å². The smallest absolute Gasteiger partial charge is 0.316 e. The molecule has 3 aromatic rings. The third-order valence-corrected chi connectivity index (χ3v) is 5.89. The van der Waals surface area contributed by atoms with Crippen LogP contribution in [0.2, 0.25) is 5.15 Å². The molecular weight excluding hydrogens is 444 g/mol. The molecule has 2 aliphatic heterocycles. The molecule has 10 nitrogen and oxygen atoms in total. The summed E-state index contributed by atoms with van der Waals surface area (Å²) in [6, 6.07) is 6.72. The molecule has 33 heavy (non-hydrogen) atoms. The van der Waals surface area contributed by atoms with Crippen molar-refractivity contribution in [1.29, 1.82) is 0 Å². The maximum Gasteiger partial charge on any atom is 0.316 e. The average Bonchev–Trinajstić information content (AvgIpc) is 2.84. The standard InChI is InChI=1S/C22H23ClN8O2/c23-18-11-26-19(12-25-18)31-6-5-16-17(13-31)28-20(29-21(16)30-7-9-33-10-8-30)14-1-3-15(4-2-14)27-22(24)32/h1-4,11-12H,5-10,13H2,(H3,24,27,32). The van der Waals surface area contributed by atoms with Gasteiger partial charge in [0.1, 0.15) is 16.8 Å². The van der Waals surface area contributed by atoms with Crippen LogP contribution in [-0.2, 0) is 17.7 Å². The summed E-state index contributed by atoms with van der Waals surface area (Å²) in [5, 5.41) is 2.94. The molecule has 0 radical (unpaired) electrons.